The van der Waals surface area contributed by atoms with E-state index in [9.17, 15) is 0 Å². The molecule has 0 aromatic heterocycles. The molecule has 0 aromatic carbocycles. The number of methoxy groups -OCH3 is 2. The lowest BCUT2D eigenvalue weighted by atomic mass is 9.87. The van der Waals surface area contributed by atoms with E-state index in [1.807, 2.05) is 0 Å². The molecule has 2 fully saturated rings. The first-order valence-corrected chi connectivity index (χ1v) is 6.84. The Bertz CT molecular complexity index is 265. The second kappa shape index (κ2) is 5.84. The molecule has 2 rings (SSSR count). The van der Waals surface area contributed by atoms with Crippen LogP contribution in [0.3, 0.4) is 0 Å². The van der Waals surface area contributed by atoms with Gasteiger partial charge in [0.25, 0.3) is 0 Å². The number of hydrogen-bond donors (Lipinski definition) is 1. The summed E-state index contributed by atoms with van der Waals surface area (Å²) in [6.45, 7) is 4.80. The molecule has 2 aliphatic heterocycles. The highest BCUT2D eigenvalue weighted by molar-refractivity contribution is 5.02. The van der Waals surface area contributed by atoms with Crippen LogP contribution in [-0.4, -0.2) is 81.5 Å². The van der Waals surface area contributed by atoms with Crippen molar-refractivity contribution < 1.29 is 9.47 Å². The van der Waals surface area contributed by atoms with Gasteiger partial charge in [0.1, 0.15) is 0 Å². The molecule has 0 aromatic rings. The standard InChI is InChI=1S/C13H27N3O2/c1-15-6-4-5-13(9-14,10-15)16-7-11(17-2)12(8-16)18-3/h11-12H,4-10,14H2,1-3H3. The zero-order valence-corrected chi connectivity index (χ0v) is 11.9. The highest BCUT2D eigenvalue weighted by atomic mass is 16.5. The number of rotatable bonds is 4. The minimum Gasteiger partial charge on any atom is -0.377 e. The zero-order chi connectivity index (χ0) is 13.2. The average molecular weight is 257 g/mol. The van der Waals surface area contributed by atoms with Gasteiger partial charge in [0.2, 0.25) is 0 Å². The quantitative estimate of drug-likeness (QED) is 0.753. The summed E-state index contributed by atoms with van der Waals surface area (Å²) in [6.07, 6.45) is 2.75. The summed E-state index contributed by atoms with van der Waals surface area (Å²) in [7, 11) is 5.71. The smallest absolute Gasteiger partial charge is 0.0972 e. The van der Waals surface area contributed by atoms with Crippen molar-refractivity contribution in [3.8, 4) is 0 Å². The van der Waals surface area contributed by atoms with Crippen LogP contribution in [0.4, 0.5) is 0 Å². The van der Waals surface area contributed by atoms with Crippen LogP contribution in [0.2, 0.25) is 0 Å². The molecule has 2 N–H and O–H groups in total. The van der Waals surface area contributed by atoms with Crippen molar-refractivity contribution in [1.29, 1.82) is 0 Å². The molecular weight excluding hydrogens is 230 g/mol. The molecule has 3 atom stereocenters. The first kappa shape index (κ1) is 14.2. The number of nitrogens with zero attached hydrogens (tertiary/aromatic N) is 2. The van der Waals surface area contributed by atoms with Gasteiger partial charge >= 0.3 is 0 Å². The van der Waals surface area contributed by atoms with E-state index < -0.39 is 0 Å². The maximum atomic E-state index is 6.10. The summed E-state index contributed by atoms with van der Waals surface area (Å²) < 4.78 is 11.1. The van der Waals surface area contributed by atoms with Gasteiger partial charge in [-0.1, -0.05) is 0 Å². The van der Waals surface area contributed by atoms with E-state index in [0.717, 1.165) is 19.6 Å². The summed E-state index contributed by atoms with van der Waals surface area (Å²) >= 11 is 0. The maximum absolute atomic E-state index is 6.10. The second-order valence-electron chi connectivity index (χ2n) is 5.72. The first-order chi connectivity index (χ1) is 8.65. The van der Waals surface area contributed by atoms with E-state index >= 15 is 0 Å². The van der Waals surface area contributed by atoms with Crippen LogP contribution in [0.15, 0.2) is 0 Å². The largest absolute Gasteiger partial charge is 0.377 e. The first-order valence-electron chi connectivity index (χ1n) is 6.84. The minimum absolute atomic E-state index is 0.108. The molecule has 5 heteroatoms. The Hall–Kier alpha value is -0.200. The van der Waals surface area contributed by atoms with Gasteiger partial charge in [0.05, 0.1) is 12.2 Å². The Labute approximate surface area is 110 Å². The maximum Gasteiger partial charge on any atom is 0.0972 e. The minimum atomic E-state index is 0.108. The summed E-state index contributed by atoms with van der Waals surface area (Å²) in [6, 6.07) is 0. The Morgan fingerprint density at radius 3 is 2.28 bits per heavy atom. The summed E-state index contributed by atoms with van der Waals surface area (Å²) in [4.78, 5) is 4.88. The number of hydrogen-bond acceptors (Lipinski definition) is 5. The molecule has 0 aliphatic carbocycles. The van der Waals surface area contributed by atoms with Crippen LogP contribution in [0, 0.1) is 0 Å². The van der Waals surface area contributed by atoms with Gasteiger partial charge in [-0.05, 0) is 26.4 Å². The molecule has 0 spiro atoms. The molecule has 0 bridgehead atoms. The molecule has 2 saturated heterocycles. The molecule has 0 saturated carbocycles. The van der Waals surface area contributed by atoms with Gasteiger partial charge in [-0.3, -0.25) is 4.90 Å². The lowest BCUT2D eigenvalue weighted by Crippen LogP contribution is -2.61. The Kier molecular flexibility index (Phi) is 4.61. The van der Waals surface area contributed by atoms with Gasteiger partial charge < -0.3 is 20.1 Å². The van der Waals surface area contributed by atoms with Crippen LogP contribution in [0.25, 0.3) is 0 Å². The number of likely N-dealkylation sites (tertiary alicyclic amines) is 2. The van der Waals surface area contributed by atoms with E-state index in [1.165, 1.54) is 19.4 Å². The average Bonchev–Trinajstić information content (AvgIpc) is 2.82. The van der Waals surface area contributed by atoms with Crippen LogP contribution >= 0.6 is 0 Å². The van der Waals surface area contributed by atoms with Gasteiger partial charge in [0, 0.05) is 45.9 Å². The number of ether oxygens (including phenoxy) is 2. The third-order valence-corrected chi connectivity index (χ3v) is 4.62. The summed E-state index contributed by atoms with van der Waals surface area (Å²) in [5.74, 6) is 0. The number of likely N-dealkylation sites (N-methyl/N-ethyl adjacent to an activating group) is 1. The highest BCUT2D eigenvalue weighted by Crippen LogP contribution is 2.31. The molecule has 18 heavy (non-hydrogen) atoms. The molecule has 2 aliphatic rings. The van der Waals surface area contributed by atoms with Crippen molar-refractivity contribution in [2.75, 3.05) is 54.0 Å². The van der Waals surface area contributed by atoms with E-state index in [2.05, 4.69) is 16.8 Å². The predicted molar refractivity (Wildman–Crippen MR) is 71.7 cm³/mol. The molecule has 2 heterocycles. The van der Waals surface area contributed by atoms with Crippen LogP contribution in [0.1, 0.15) is 12.8 Å². The normalized spacial score (nSPS) is 39.3. The SMILES string of the molecule is COC1CN(C2(CN)CCCN(C)C2)CC1OC. The van der Waals surface area contributed by atoms with Crippen molar-refractivity contribution in [3.63, 3.8) is 0 Å². The molecule has 0 amide bonds. The fourth-order valence-corrected chi connectivity index (χ4v) is 3.48. The third kappa shape index (κ3) is 2.56. The topological polar surface area (TPSA) is 51.0 Å². The van der Waals surface area contributed by atoms with Crippen molar-refractivity contribution in [2.45, 2.75) is 30.6 Å². The van der Waals surface area contributed by atoms with Crippen LogP contribution in [0.5, 0.6) is 0 Å². The third-order valence-electron chi connectivity index (χ3n) is 4.62. The molecular formula is C13H27N3O2. The number of piperidine rings is 1. The zero-order valence-electron chi connectivity index (χ0n) is 11.9. The Morgan fingerprint density at radius 1 is 1.22 bits per heavy atom. The fourth-order valence-electron chi connectivity index (χ4n) is 3.48. The van der Waals surface area contributed by atoms with Crippen LogP contribution in [-0.2, 0) is 9.47 Å². The second-order valence-corrected chi connectivity index (χ2v) is 5.72. The Balaban J connectivity index is 2.09. The van der Waals surface area contributed by atoms with Crippen molar-refractivity contribution in [1.82, 2.24) is 9.80 Å². The van der Waals surface area contributed by atoms with Gasteiger partial charge in [-0.25, -0.2) is 0 Å². The number of nitrogens with two attached hydrogens (primary N) is 1. The van der Waals surface area contributed by atoms with E-state index in [0.29, 0.717) is 6.54 Å². The molecule has 106 valence electrons. The summed E-state index contributed by atoms with van der Waals surface area (Å²) in [5, 5.41) is 0. The molecule has 0 radical (unpaired) electrons. The van der Waals surface area contributed by atoms with Gasteiger partial charge in [0.15, 0.2) is 0 Å². The van der Waals surface area contributed by atoms with E-state index in [4.69, 9.17) is 15.2 Å². The van der Waals surface area contributed by atoms with Gasteiger partial charge in [-0.15, -0.1) is 0 Å². The van der Waals surface area contributed by atoms with Crippen molar-refractivity contribution in [2.24, 2.45) is 5.73 Å². The predicted octanol–water partition coefficient (Wildman–Crippen LogP) is -0.245. The molecule has 3 unspecified atom stereocenters. The highest BCUT2D eigenvalue weighted by Gasteiger charge is 2.45. The lowest BCUT2D eigenvalue weighted by molar-refractivity contribution is -0.00461. The van der Waals surface area contributed by atoms with Gasteiger partial charge in [-0.2, -0.15) is 0 Å². The van der Waals surface area contributed by atoms with Crippen molar-refractivity contribution in [3.05, 3.63) is 0 Å². The van der Waals surface area contributed by atoms with Crippen LogP contribution < -0.4 is 5.73 Å². The Morgan fingerprint density at radius 2 is 1.83 bits per heavy atom. The summed E-state index contributed by atoms with van der Waals surface area (Å²) in [5.41, 5.74) is 6.21. The molecule has 5 nitrogen and oxygen atoms in total. The lowest BCUT2D eigenvalue weighted by Gasteiger charge is -2.47. The van der Waals surface area contributed by atoms with E-state index in [-0.39, 0.29) is 17.7 Å². The fraction of sp³-hybridized carbons (Fsp3) is 1.00. The van der Waals surface area contributed by atoms with E-state index in [1.54, 1.807) is 14.2 Å². The van der Waals surface area contributed by atoms with Crippen molar-refractivity contribution >= 4 is 0 Å². The monoisotopic (exact) mass is 257 g/mol.